The normalized spacial score (nSPS) is 14.2. The van der Waals surface area contributed by atoms with Crippen molar-refractivity contribution >= 4 is 7.52 Å². The molecule has 0 saturated heterocycles. The van der Waals surface area contributed by atoms with Crippen molar-refractivity contribution in [1.29, 1.82) is 0 Å². The first-order chi connectivity index (χ1) is 8.20. The molecular formula is C13H20NO2P. The van der Waals surface area contributed by atoms with Gasteiger partial charge in [-0.1, -0.05) is 36.9 Å². The van der Waals surface area contributed by atoms with Crippen LogP contribution in [-0.4, -0.2) is 13.2 Å². The summed E-state index contributed by atoms with van der Waals surface area (Å²) < 4.78 is 17.1. The Morgan fingerprint density at radius 2 is 2.12 bits per heavy atom. The van der Waals surface area contributed by atoms with E-state index in [1.165, 1.54) is 11.4 Å². The van der Waals surface area contributed by atoms with Crippen LogP contribution in [0.2, 0.25) is 0 Å². The second-order valence-electron chi connectivity index (χ2n) is 3.69. The van der Waals surface area contributed by atoms with Gasteiger partial charge in [0.15, 0.2) is 0 Å². The Bertz CT molecular complexity index is 378. The van der Waals surface area contributed by atoms with Crippen LogP contribution in [0.3, 0.4) is 0 Å². The summed E-state index contributed by atoms with van der Waals surface area (Å²) >= 11 is 0. The number of hydrogen-bond acceptors (Lipinski definition) is 2. The van der Waals surface area contributed by atoms with Gasteiger partial charge in [-0.15, -0.1) is 0 Å². The third-order valence-electron chi connectivity index (χ3n) is 2.38. The molecule has 0 aromatic heterocycles. The molecule has 1 rings (SSSR count). The van der Waals surface area contributed by atoms with Crippen molar-refractivity contribution in [2.45, 2.75) is 19.8 Å². The Morgan fingerprint density at radius 1 is 1.41 bits per heavy atom. The van der Waals surface area contributed by atoms with E-state index < -0.39 is 7.52 Å². The van der Waals surface area contributed by atoms with Gasteiger partial charge in [-0.3, -0.25) is 4.57 Å². The van der Waals surface area contributed by atoms with Crippen LogP contribution in [0.15, 0.2) is 42.7 Å². The van der Waals surface area contributed by atoms with Gasteiger partial charge in [0.1, 0.15) is 0 Å². The molecule has 17 heavy (non-hydrogen) atoms. The van der Waals surface area contributed by atoms with Crippen molar-refractivity contribution in [2.24, 2.45) is 0 Å². The maximum Gasteiger partial charge on any atom is 0.292 e. The molecule has 94 valence electrons. The summed E-state index contributed by atoms with van der Waals surface area (Å²) in [5, 5.41) is 2.93. The Balaban J connectivity index is 2.28. The Morgan fingerprint density at radius 3 is 2.71 bits per heavy atom. The first-order valence-electron chi connectivity index (χ1n) is 5.87. The molecule has 4 heteroatoms. The average Bonchev–Trinajstić information content (AvgIpc) is 2.36. The predicted molar refractivity (Wildman–Crippen MR) is 72.2 cm³/mol. The standard InChI is InChI=1S/C13H20NO2P/c1-3-16-17(15,4-2)14-12-8-11-13-9-6-5-7-10-13/h4-7,9-10H,2-3,8,11-12H2,1H3,(H,14,15). The van der Waals surface area contributed by atoms with Gasteiger partial charge >= 0.3 is 0 Å². The summed E-state index contributed by atoms with van der Waals surface area (Å²) in [5.74, 6) is 1.37. The van der Waals surface area contributed by atoms with Crippen molar-refractivity contribution < 1.29 is 9.09 Å². The van der Waals surface area contributed by atoms with Gasteiger partial charge in [0.05, 0.1) is 6.61 Å². The van der Waals surface area contributed by atoms with Gasteiger partial charge in [-0.2, -0.15) is 0 Å². The summed E-state index contributed by atoms with van der Waals surface area (Å²) in [6, 6.07) is 10.2. The summed E-state index contributed by atoms with van der Waals surface area (Å²) in [4.78, 5) is 0. The van der Waals surface area contributed by atoms with Crippen LogP contribution < -0.4 is 5.09 Å². The Labute approximate surface area is 103 Å². The largest absolute Gasteiger partial charge is 0.315 e. The van der Waals surface area contributed by atoms with Crippen molar-refractivity contribution in [3.05, 3.63) is 48.3 Å². The van der Waals surface area contributed by atoms with Crippen molar-refractivity contribution in [2.75, 3.05) is 13.2 Å². The third-order valence-corrected chi connectivity index (χ3v) is 4.17. The van der Waals surface area contributed by atoms with Gasteiger partial charge < -0.3 is 4.52 Å². The lowest BCUT2D eigenvalue weighted by Gasteiger charge is -2.14. The van der Waals surface area contributed by atoms with Crippen LogP contribution in [0.25, 0.3) is 0 Å². The third kappa shape index (κ3) is 5.31. The van der Waals surface area contributed by atoms with E-state index in [1.807, 2.05) is 25.1 Å². The monoisotopic (exact) mass is 253 g/mol. The van der Waals surface area contributed by atoms with Gasteiger partial charge in [0, 0.05) is 12.4 Å². The molecule has 0 radical (unpaired) electrons. The lowest BCUT2D eigenvalue weighted by Crippen LogP contribution is -2.13. The summed E-state index contributed by atoms with van der Waals surface area (Å²) in [5.41, 5.74) is 1.29. The van der Waals surface area contributed by atoms with Crippen LogP contribution in [0.4, 0.5) is 0 Å². The zero-order valence-corrected chi connectivity index (χ0v) is 11.2. The minimum Gasteiger partial charge on any atom is -0.315 e. The van der Waals surface area contributed by atoms with Crippen LogP contribution in [-0.2, 0) is 15.5 Å². The predicted octanol–water partition coefficient (Wildman–Crippen LogP) is 3.58. The molecule has 0 fully saturated rings. The van der Waals surface area contributed by atoms with E-state index in [1.54, 1.807) is 0 Å². The maximum atomic E-state index is 11.9. The average molecular weight is 253 g/mol. The lowest BCUT2D eigenvalue weighted by atomic mass is 10.1. The van der Waals surface area contributed by atoms with E-state index in [-0.39, 0.29) is 0 Å². The zero-order valence-electron chi connectivity index (χ0n) is 10.3. The molecule has 0 amide bonds. The van der Waals surface area contributed by atoms with Gasteiger partial charge in [-0.25, -0.2) is 5.09 Å². The fraction of sp³-hybridized carbons (Fsp3) is 0.385. The summed E-state index contributed by atoms with van der Waals surface area (Å²) in [6.45, 7) is 6.45. The molecule has 1 unspecified atom stereocenters. The maximum absolute atomic E-state index is 11.9. The first-order valence-corrected chi connectivity index (χ1v) is 7.56. The molecule has 1 atom stereocenters. The van der Waals surface area contributed by atoms with E-state index in [4.69, 9.17) is 4.52 Å². The fourth-order valence-electron chi connectivity index (χ4n) is 1.53. The molecule has 0 bridgehead atoms. The van der Waals surface area contributed by atoms with Crippen LogP contribution in [0, 0.1) is 0 Å². The minimum atomic E-state index is -2.81. The minimum absolute atomic E-state index is 0.426. The molecule has 1 aromatic carbocycles. The fourth-order valence-corrected chi connectivity index (χ4v) is 2.71. The molecule has 0 aliphatic rings. The molecule has 3 nitrogen and oxygen atoms in total. The molecule has 0 aliphatic carbocycles. The highest BCUT2D eigenvalue weighted by atomic mass is 31.2. The van der Waals surface area contributed by atoms with Gasteiger partial charge in [0.2, 0.25) is 0 Å². The molecule has 1 N–H and O–H groups in total. The SMILES string of the molecule is C=CP(=O)(NCCCc1ccccc1)OCC. The molecule has 0 spiro atoms. The van der Waals surface area contributed by atoms with Crippen molar-refractivity contribution in [1.82, 2.24) is 5.09 Å². The molecule has 0 aliphatic heterocycles. The number of rotatable bonds is 8. The number of nitrogens with one attached hydrogen (secondary N) is 1. The van der Waals surface area contributed by atoms with Crippen molar-refractivity contribution in [3.8, 4) is 0 Å². The molecule has 0 heterocycles. The first kappa shape index (κ1) is 14.2. The number of benzene rings is 1. The van der Waals surface area contributed by atoms with Crippen molar-refractivity contribution in [3.63, 3.8) is 0 Å². The highest BCUT2D eigenvalue weighted by molar-refractivity contribution is 7.60. The molecule has 0 saturated carbocycles. The van der Waals surface area contributed by atoms with E-state index in [0.29, 0.717) is 13.2 Å². The van der Waals surface area contributed by atoms with E-state index in [0.717, 1.165) is 12.8 Å². The van der Waals surface area contributed by atoms with E-state index in [2.05, 4.69) is 23.8 Å². The topological polar surface area (TPSA) is 38.3 Å². The van der Waals surface area contributed by atoms with E-state index >= 15 is 0 Å². The summed E-state index contributed by atoms with van der Waals surface area (Å²) in [6.07, 6.45) is 1.89. The molecular weight excluding hydrogens is 233 g/mol. The Hall–Kier alpha value is -0.890. The Kier molecular flexibility index (Phi) is 6.20. The van der Waals surface area contributed by atoms with Gasteiger partial charge in [-0.05, 0) is 25.3 Å². The summed E-state index contributed by atoms with van der Waals surface area (Å²) in [7, 11) is -2.81. The second-order valence-corrected chi connectivity index (χ2v) is 5.83. The quantitative estimate of drug-likeness (QED) is 0.568. The molecule has 1 aromatic rings. The second kappa shape index (κ2) is 7.44. The van der Waals surface area contributed by atoms with Crippen LogP contribution in [0.5, 0.6) is 0 Å². The smallest absolute Gasteiger partial charge is 0.292 e. The van der Waals surface area contributed by atoms with Crippen LogP contribution in [0.1, 0.15) is 18.9 Å². The highest BCUT2D eigenvalue weighted by Gasteiger charge is 2.15. The number of hydrogen-bond donors (Lipinski definition) is 1. The number of aryl methyl sites for hydroxylation is 1. The lowest BCUT2D eigenvalue weighted by molar-refractivity contribution is 0.331. The van der Waals surface area contributed by atoms with E-state index in [9.17, 15) is 4.57 Å². The zero-order chi connectivity index (χ0) is 12.6. The highest BCUT2D eigenvalue weighted by Crippen LogP contribution is 2.42. The van der Waals surface area contributed by atoms with Crippen LogP contribution >= 0.6 is 7.52 Å². The van der Waals surface area contributed by atoms with Gasteiger partial charge in [0.25, 0.3) is 7.52 Å².